The van der Waals surface area contributed by atoms with Gasteiger partial charge in [-0.1, -0.05) is 12.2 Å². The maximum absolute atomic E-state index is 12.0. The van der Waals surface area contributed by atoms with Crippen LogP contribution in [0.1, 0.15) is 51.4 Å². The molecule has 0 amide bonds. The summed E-state index contributed by atoms with van der Waals surface area (Å²) in [5, 5.41) is 19.3. The molecule has 0 aromatic heterocycles. The molecule has 0 aliphatic heterocycles. The zero-order valence-electron chi connectivity index (χ0n) is 15.0. The Bertz CT molecular complexity index is 502. The second-order valence-electron chi connectivity index (χ2n) is 7.31. The van der Waals surface area contributed by atoms with Crippen LogP contribution in [0.3, 0.4) is 0 Å². The zero-order valence-corrected chi connectivity index (χ0v) is 15.0. The van der Waals surface area contributed by atoms with Gasteiger partial charge in [0, 0.05) is 7.11 Å². The lowest BCUT2D eigenvalue weighted by Gasteiger charge is -2.30. The predicted octanol–water partition coefficient (Wildman–Crippen LogP) is 2.35. The van der Waals surface area contributed by atoms with Gasteiger partial charge in [-0.15, -0.1) is 0 Å². The number of hydrogen-bond acceptors (Lipinski definition) is 5. The Labute approximate surface area is 149 Å². The number of rotatable bonds is 7. The maximum Gasteiger partial charge on any atom is 0.163 e. The minimum Gasteiger partial charge on any atom is -0.393 e. The highest BCUT2D eigenvalue weighted by atomic mass is 16.5. The zero-order chi connectivity index (χ0) is 18.2. The van der Waals surface area contributed by atoms with Gasteiger partial charge in [-0.2, -0.15) is 0 Å². The number of ketones is 2. The number of carbonyl (C=O) groups is 2. The van der Waals surface area contributed by atoms with Crippen molar-refractivity contribution in [2.45, 2.75) is 69.7 Å². The van der Waals surface area contributed by atoms with E-state index in [2.05, 4.69) is 0 Å². The summed E-state index contributed by atoms with van der Waals surface area (Å²) < 4.78 is 5.25. The monoisotopic (exact) mass is 350 g/mol. The molecule has 0 aromatic rings. The molecule has 25 heavy (non-hydrogen) atoms. The van der Waals surface area contributed by atoms with Crippen molar-refractivity contribution in [2.24, 2.45) is 11.8 Å². The van der Waals surface area contributed by atoms with Crippen LogP contribution in [0.5, 0.6) is 0 Å². The molecule has 0 spiro atoms. The lowest BCUT2D eigenvalue weighted by molar-refractivity contribution is -0.122. The van der Waals surface area contributed by atoms with Gasteiger partial charge in [0.25, 0.3) is 0 Å². The van der Waals surface area contributed by atoms with Gasteiger partial charge in [0.2, 0.25) is 0 Å². The lowest BCUT2D eigenvalue weighted by Crippen LogP contribution is -2.34. The normalized spacial score (nSPS) is 33.8. The minimum atomic E-state index is -0.432. The molecule has 0 heterocycles. The molecule has 2 N–H and O–H groups in total. The van der Waals surface area contributed by atoms with E-state index in [1.165, 1.54) is 12.2 Å². The molecule has 0 saturated heterocycles. The first kappa shape index (κ1) is 20.0. The Morgan fingerprint density at radius 2 is 1.48 bits per heavy atom. The summed E-state index contributed by atoms with van der Waals surface area (Å²) in [5.74, 6) is 0.178. The molecule has 2 saturated carbocycles. The summed E-state index contributed by atoms with van der Waals surface area (Å²) in [6.07, 6.45) is 11.4. The number of aliphatic hydroxyl groups excluding tert-OH is 2. The third kappa shape index (κ3) is 6.84. The van der Waals surface area contributed by atoms with E-state index >= 15 is 0 Å². The van der Waals surface area contributed by atoms with Crippen molar-refractivity contribution in [3.8, 4) is 0 Å². The van der Waals surface area contributed by atoms with E-state index < -0.39 is 6.10 Å². The molecule has 2 rings (SSSR count). The standard InChI is InChI=1S/C20H30O5/c1-25-20-12-15(6-11-19(20)24)5-10-18(23)13-17(22)9-4-14-2-7-16(21)8-3-14/h4-5,9-10,14-16,19-21,24H,2-3,6-8,11-13H2,1H3/b9-4+,10-5-. The lowest BCUT2D eigenvalue weighted by atomic mass is 9.85. The minimum absolute atomic E-state index is 0.106. The molecule has 2 aliphatic carbocycles. The van der Waals surface area contributed by atoms with Crippen molar-refractivity contribution < 1.29 is 24.5 Å². The van der Waals surface area contributed by atoms with Gasteiger partial charge in [-0.3, -0.25) is 9.59 Å². The van der Waals surface area contributed by atoms with Crippen molar-refractivity contribution in [3.05, 3.63) is 24.3 Å². The van der Waals surface area contributed by atoms with Gasteiger partial charge in [0.1, 0.15) is 0 Å². The van der Waals surface area contributed by atoms with Crippen molar-refractivity contribution in [2.75, 3.05) is 7.11 Å². The highest BCUT2D eigenvalue weighted by molar-refractivity contribution is 6.08. The van der Waals surface area contributed by atoms with E-state index in [1.807, 2.05) is 12.2 Å². The Balaban J connectivity index is 1.73. The first-order chi connectivity index (χ1) is 12.0. The van der Waals surface area contributed by atoms with E-state index in [1.54, 1.807) is 7.11 Å². The number of ether oxygens (including phenoxy) is 1. The van der Waals surface area contributed by atoms with Crippen molar-refractivity contribution in [1.29, 1.82) is 0 Å². The largest absolute Gasteiger partial charge is 0.393 e. The van der Waals surface area contributed by atoms with Crippen LogP contribution in [0.2, 0.25) is 0 Å². The SMILES string of the molecule is COC1CC(/C=C\C(=O)CC(=O)/C=C/C2CCC(O)CC2)CCC1O. The second kappa shape index (κ2) is 10.00. The van der Waals surface area contributed by atoms with E-state index in [-0.39, 0.29) is 36.1 Å². The number of methoxy groups -OCH3 is 1. The first-order valence-electron chi connectivity index (χ1n) is 9.29. The van der Waals surface area contributed by atoms with E-state index in [0.717, 1.165) is 32.1 Å². The van der Waals surface area contributed by atoms with Crippen molar-refractivity contribution in [1.82, 2.24) is 0 Å². The average molecular weight is 350 g/mol. The van der Waals surface area contributed by atoms with Gasteiger partial charge >= 0.3 is 0 Å². The van der Waals surface area contributed by atoms with Crippen LogP contribution in [0.15, 0.2) is 24.3 Å². The highest BCUT2D eigenvalue weighted by Crippen LogP contribution is 2.27. The summed E-state index contributed by atoms with van der Waals surface area (Å²) in [6.45, 7) is 0. The Morgan fingerprint density at radius 1 is 0.920 bits per heavy atom. The second-order valence-corrected chi connectivity index (χ2v) is 7.31. The van der Waals surface area contributed by atoms with Gasteiger partial charge < -0.3 is 14.9 Å². The predicted molar refractivity (Wildman–Crippen MR) is 95.0 cm³/mol. The fourth-order valence-electron chi connectivity index (χ4n) is 3.64. The number of hydrogen-bond donors (Lipinski definition) is 2. The first-order valence-corrected chi connectivity index (χ1v) is 9.29. The van der Waals surface area contributed by atoms with Crippen molar-refractivity contribution in [3.63, 3.8) is 0 Å². The van der Waals surface area contributed by atoms with Gasteiger partial charge in [-0.25, -0.2) is 0 Å². The van der Waals surface area contributed by atoms with Crippen LogP contribution in [0.25, 0.3) is 0 Å². The van der Waals surface area contributed by atoms with E-state index in [0.29, 0.717) is 18.8 Å². The molecule has 0 radical (unpaired) electrons. The van der Waals surface area contributed by atoms with Crippen LogP contribution in [-0.4, -0.2) is 47.2 Å². The molecule has 3 atom stereocenters. The number of aliphatic hydroxyl groups is 2. The molecule has 140 valence electrons. The fraction of sp³-hybridized carbons (Fsp3) is 0.700. The average Bonchev–Trinajstić information content (AvgIpc) is 2.60. The van der Waals surface area contributed by atoms with E-state index in [4.69, 9.17) is 4.74 Å². The molecule has 3 unspecified atom stereocenters. The van der Waals surface area contributed by atoms with Crippen molar-refractivity contribution >= 4 is 11.6 Å². The molecular weight excluding hydrogens is 320 g/mol. The van der Waals surface area contributed by atoms with Crippen LogP contribution in [-0.2, 0) is 14.3 Å². The smallest absolute Gasteiger partial charge is 0.163 e. The van der Waals surface area contributed by atoms with Gasteiger partial charge in [0.15, 0.2) is 11.6 Å². The summed E-state index contributed by atoms with van der Waals surface area (Å²) >= 11 is 0. The third-order valence-corrected chi connectivity index (χ3v) is 5.30. The Morgan fingerprint density at radius 3 is 2.08 bits per heavy atom. The van der Waals surface area contributed by atoms with Crippen LogP contribution < -0.4 is 0 Å². The topological polar surface area (TPSA) is 83.8 Å². The van der Waals surface area contributed by atoms with Crippen LogP contribution >= 0.6 is 0 Å². The van der Waals surface area contributed by atoms with Crippen LogP contribution in [0, 0.1) is 11.8 Å². The molecule has 0 bridgehead atoms. The molecule has 5 nitrogen and oxygen atoms in total. The van der Waals surface area contributed by atoms with Crippen LogP contribution in [0.4, 0.5) is 0 Å². The molecule has 2 aliphatic rings. The third-order valence-electron chi connectivity index (χ3n) is 5.30. The van der Waals surface area contributed by atoms with Gasteiger partial charge in [0.05, 0.1) is 24.7 Å². The molecule has 2 fully saturated rings. The highest BCUT2D eigenvalue weighted by Gasteiger charge is 2.27. The number of allylic oxidation sites excluding steroid dienone is 4. The summed E-state index contributed by atoms with van der Waals surface area (Å²) in [5.41, 5.74) is 0. The summed E-state index contributed by atoms with van der Waals surface area (Å²) in [7, 11) is 1.59. The number of carbonyl (C=O) groups excluding carboxylic acids is 2. The van der Waals surface area contributed by atoms with E-state index in [9.17, 15) is 19.8 Å². The summed E-state index contributed by atoms with van der Waals surface area (Å²) in [6, 6.07) is 0. The summed E-state index contributed by atoms with van der Waals surface area (Å²) in [4.78, 5) is 23.9. The molecule has 0 aromatic carbocycles. The van der Waals surface area contributed by atoms with Gasteiger partial charge in [-0.05, 0) is 68.9 Å². The quantitative estimate of drug-likeness (QED) is 0.544. The molecular formula is C20H30O5. The maximum atomic E-state index is 12.0. The Kier molecular flexibility index (Phi) is 8.00. The molecule has 5 heteroatoms. The fourth-order valence-corrected chi connectivity index (χ4v) is 3.64. The Hall–Kier alpha value is -1.30.